The third-order valence-corrected chi connectivity index (χ3v) is 3.42. The van der Waals surface area contributed by atoms with Crippen molar-refractivity contribution in [3.63, 3.8) is 0 Å². The van der Waals surface area contributed by atoms with E-state index in [1.54, 1.807) is 12.1 Å². The molecule has 0 spiro atoms. The first-order valence-electron chi connectivity index (χ1n) is 7.23. The van der Waals surface area contributed by atoms with E-state index in [9.17, 15) is 18.0 Å². The SMILES string of the molecule is O=C(NCc1nnnn1-c1ccccc1)c1ccc(C(F)(F)F)cc1. The minimum absolute atomic E-state index is 0.0295. The molecule has 25 heavy (non-hydrogen) atoms. The minimum Gasteiger partial charge on any atom is -0.345 e. The van der Waals surface area contributed by atoms with E-state index in [2.05, 4.69) is 20.8 Å². The Morgan fingerprint density at radius 2 is 1.72 bits per heavy atom. The molecule has 128 valence electrons. The molecule has 1 aromatic heterocycles. The van der Waals surface area contributed by atoms with E-state index in [1.807, 2.05) is 18.2 Å². The third kappa shape index (κ3) is 3.82. The highest BCUT2D eigenvalue weighted by atomic mass is 19.4. The lowest BCUT2D eigenvalue weighted by atomic mass is 10.1. The number of alkyl halides is 3. The van der Waals surface area contributed by atoms with Gasteiger partial charge in [0, 0.05) is 5.56 Å². The molecule has 0 saturated carbocycles. The molecule has 3 rings (SSSR count). The van der Waals surface area contributed by atoms with Gasteiger partial charge in [0.2, 0.25) is 0 Å². The highest BCUT2D eigenvalue weighted by molar-refractivity contribution is 5.94. The molecule has 0 atom stereocenters. The standard InChI is InChI=1S/C16H12F3N5O/c17-16(18,19)12-8-6-11(7-9-12)15(25)20-10-14-21-22-23-24(14)13-4-2-1-3-5-13/h1-9H,10H2,(H,20,25). The number of halogens is 3. The molecule has 0 unspecified atom stereocenters. The number of hydrogen-bond acceptors (Lipinski definition) is 4. The van der Waals surface area contributed by atoms with Crippen molar-refractivity contribution in [1.29, 1.82) is 0 Å². The van der Waals surface area contributed by atoms with Gasteiger partial charge in [0.1, 0.15) is 0 Å². The Labute approximate surface area is 140 Å². The molecule has 3 aromatic rings. The Kier molecular flexibility index (Phi) is 4.46. The first-order chi connectivity index (χ1) is 11.9. The Morgan fingerprint density at radius 1 is 1.04 bits per heavy atom. The van der Waals surface area contributed by atoms with Crippen molar-refractivity contribution >= 4 is 5.91 Å². The van der Waals surface area contributed by atoms with Crippen LogP contribution in [0.25, 0.3) is 5.69 Å². The number of hydrogen-bond donors (Lipinski definition) is 1. The van der Waals surface area contributed by atoms with E-state index < -0.39 is 17.6 Å². The molecule has 2 aromatic carbocycles. The largest absolute Gasteiger partial charge is 0.416 e. The van der Waals surface area contributed by atoms with Gasteiger partial charge in [-0.15, -0.1) is 5.10 Å². The maximum atomic E-state index is 12.5. The van der Waals surface area contributed by atoms with E-state index in [0.29, 0.717) is 5.82 Å². The molecule has 1 N–H and O–H groups in total. The topological polar surface area (TPSA) is 72.7 Å². The van der Waals surface area contributed by atoms with Crippen LogP contribution in [-0.2, 0) is 12.7 Å². The molecule has 1 heterocycles. The van der Waals surface area contributed by atoms with Crippen LogP contribution in [0.5, 0.6) is 0 Å². The zero-order valence-corrected chi connectivity index (χ0v) is 12.7. The normalized spacial score (nSPS) is 11.3. The second-order valence-corrected chi connectivity index (χ2v) is 5.10. The molecule has 0 aliphatic heterocycles. The fraction of sp³-hybridized carbons (Fsp3) is 0.125. The summed E-state index contributed by atoms with van der Waals surface area (Å²) < 4.78 is 39.1. The van der Waals surface area contributed by atoms with Crippen LogP contribution in [0.4, 0.5) is 13.2 Å². The van der Waals surface area contributed by atoms with Gasteiger partial charge in [-0.1, -0.05) is 18.2 Å². The lowest BCUT2D eigenvalue weighted by molar-refractivity contribution is -0.137. The fourth-order valence-corrected chi connectivity index (χ4v) is 2.16. The number of nitrogens with one attached hydrogen (secondary N) is 1. The summed E-state index contributed by atoms with van der Waals surface area (Å²) in [6.45, 7) is 0.0295. The van der Waals surface area contributed by atoms with Gasteiger partial charge in [0.15, 0.2) is 5.82 Å². The summed E-state index contributed by atoms with van der Waals surface area (Å²) in [6, 6.07) is 13.1. The molecule has 0 fully saturated rings. The van der Waals surface area contributed by atoms with E-state index in [1.165, 1.54) is 4.68 Å². The van der Waals surface area contributed by atoms with E-state index >= 15 is 0 Å². The van der Waals surface area contributed by atoms with Gasteiger partial charge in [-0.05, 0) is 46.8 Å². The first-order valence-corrected chi connectivity index (χ1v) is 7.23. The van der Waals surface area contributed by atoms with Crippen molar-refractivity contribution in [2.24, 2.45) is 0 Å². The number of aromatic nitrogens is 4. The van der Waals surface area contributed by atoms with E-state index in [-0.39, 0.29) is 12.1 Å². The van der Waals surface area contributed by atoms with Crippen molar-refractivity contribution in [2.45, 2.75) is 12.7 Å². The Balaban J connectivity index is 1.69. The molecule has 0 aliphatic carbocycles. The highest BCUT2D eigenvalue weighted by Gasteiger charge is 2.30. The smallest absolute Gasteiger partial charge is 0.345 e. The molecular weight excluding hydrogens is 335 g/mol. The summed E-state index contributed by atoms with van der Waals surface area (Å²) in [5.41, 5.74) is 0.0371. The number of rotatable bonds is 4. The van der Waals surface area contributed by atoms with Crippen LogP contribution in [0.15, 0.2) is 54.6 Å². The van der Waals surface area contributed by atoms with E-state index in [4.69, 9.17) is 0 Å². The predicted molar refractivity (Wildman–Crippen MR) is 81.8 cm³/mol. The quantitative estimate of drug-likeness (QED) is 0.787. The van der Waals surface area contributed by atoms with Crippen molar-refractivity contribution in [3.8, 4) is 5.69 Å². The van der Waals surface area contributed by atoms with Crippen LogP contribution in [-0.4, -0.2) is 26.1 Å². The van der Waals surface area contributed by atoms with Crippen molar-refractivity contribution in [3.05, 3.63) is 71.5 Å². The van der Waals surface area contributed by atoms with Crippen LogP contribution in [0.1, 0.15) is 21.7 Å². The van der Waals surface area contributed by atoms with Crippen LogP contribution in [0, 0.1) is 0 Å². The number of amides is 1. The Morgan fingerprint density at radius 3 is 2.36 bits per heavy atom. The van der Waals surface area contributed by atoms with Crippen LogP contribution in [0.2, 0.25) is 0 Å². The maximum Gasteiger partial charge on any atom is 0.416 e. The van der Waals surface area contributed by atoms with Gasteiger partial charge in [0.05, 0.1) is 17.8 Å². The number of tetrazole rings is 1. The second kappa shape index (κ2) is 6.71. The van der Waals surface area contributed by atoms with Crippen molar-refractivity contribution in [1.82, 2.24) is 25.5 Å². The van der Waals surface area contributed by atoms with Gasteiger partial charge >= 0.3 is 6.18 Å². The monoisotopic (exact) mass is 347 g/mol. The zero-order chi connectivity index (χ0) is 17.9. The number of nitrogens with zero attached hydrogens (tertiary/aromatic N) is 4. The number of benzene rings is 2. The molecule has 0 bridgehead atoms. The number of carbonyl (C=O) groups excluding carboxylic acids is 1. The Hall–Kier alpha value is -3.23. The average molecular weight is 347 g/mol. The number of carbonyl (C=O) groups is 1. The molecule has 0 radical (unpaired) electrons. The lowest BCUT2D eigenvalue weighted by Gasteiger charge is -2.08. The zero-order valence-electron chi connectivity index (χ0n) is 12.7. The van der Waals surface area contributed by atoms with E-state index in [0.717, 1.165) is 30.0 Å². The number of para-hydroxylation sites is 1. The summed E-state index contributed by atoms with van der Waals surface area (Å²) in [5.74, 6) is -0.122. The molecule has 9 heteroatoms. The molecule has 6 nitrogen and oxygen atoms in total. The summed E-state index contributed by atoms with van der Waals surface area (Å²) >= 11 is 0. The maximum absolute atomic E-state index is 12.5. The first kappa shape index (κ1) is 16.6. The van der Waals surface area contributed by atoms with Gasteiger partial charge in [-0.25, -0.2) is 0 Å². The summed E-state index contributed by atoms with van der Waals surface area (Å²) in [4.78, 5) is 12.1. The molecule has 0 saturated heterocycles. The Bertz CT molecular complexity index is 859. The third-order valence-electron chi connectivity index (χ3n) is 3.42. The van der Waals surface area contributed by atoms with Gasteiger partial charge in [-0.2, -0.15) is 17.9 Å². The molecular formula is C16H12F3N5O. The average Bonchev–Trinajstić information content (AvgIpc) is 3.08. The second-order valence-electron chi connectivity index (χ2n) is 5.10. The van der Waals surface area contributed by atoms with Crippen molar-refractivity contribution < 1.29 is 18.0 Å². The van der Waals surface area contributed by atoms with Crippen LogP contribution in [0.3, 0.4) is 0 Å². The van der Waals surface area contributed by atoms with Crippen molar-refractivity contribution in [2.75, 3.05) is 0 Å². The van der Waals surface area contributed by atoms with Gasteiger partial charge in [-0.3, -0.25) is 4.79 Å². The summed E-state index contributed by atoms with van der Waals surface area (Å²) in [6.07, 6.45) is -4.44. The minimum atomic E-state index is -4.44. The summed E-state index contributed by atoms with van der Waals surface area (Å²) in [7, 11) is 0. The highest BCUT2D eigenvalue weighted by Crippen LogP contribution is 2.29. The van der Waals surface area contributed by atoms with Crippen LogP contribution < -0.4 is 5.32 Å². The predicted octanol–water partition coefficient (Wildman–Crippen LogP) is 2.61. The van der Waals surface area contributed by atoms with Gasteiger partial charge < -0.3 is 5.32 Å². The van der Waals surface area contributed by atoms with Gasteiger partial charge in [0.25, 0.3) is 5.91 Å². The molecule has 0 aliphatic rings. The van der Waals surface area contributed by atoms with Crippen LogP contribution >= 0.6 is 0 Å². The lowest BCUT2D eigenvalue weighted by Crippen LogP contribution is -2.24. The molecule has 1 amide bonds. The summed E-state index contributed by atoms with van der Waals surface area (Å²) in [5, 5.41) is 13.9. The fourth-order valence-electron chi connectivity index (χ4n) is 2.16.